The van der Waals surface area contributed by atoms with Crippen LogP contribution in [-0.2, 0) is 6.54 Å². The first kappa shape index (κ1) is 31.9. The molecule has 0 aromatic heterocycles. The summed E-state index contributed by atoms with van der Waals surface area (Å²) >= 11 is 0. The molecular weight excluding hydrogens is 593 g/mol. The smallest absolute Gasteiger partial charge is 0.491 e. The highest BCUT2D eigenvalue weighted by Crippen LogP contribution is 2.42. The second kappa shape index (κ2) is 13.4. The summed E-state index contributed by atoms with van der Waals surface area (Å²) in [5, 5.41) is 3.18. The van der Waals surface area contributed by atoms with E-state index < -0.39 is 11.9 Å². The molecular formula is C36H42F3N4O3+. The van der Waals surface area contributed by atoms with E-state index in [0.717, 1.165) is 75.3 Å². The van der Waals surface area contributed by atoms with E-state index >= 15 is 0 Å². The van der Waals surface area contributed by atoms with Gasteiger partial charge >= 0.3 is 12.4 Å². The number of carbonyl (C=O) groups excluding carboxylic acids is 1. The number of nitrogens with zero attached hydrogens (tertiary/aromatic N) is 2. The number of carbonyl (C=O) groups is 1. The molecule has 1 saturated carbocycles. The van der Waals surface area contributed by atoms with Crippen LogP contribution >= 0.6 is 0 Å². The van der Waals surface area contributed by atoms with E-state index in [2.05, 4.69) is 22.2 Å². The predicted molar refractivity (Wildman–Crippen MR) is 172 cm³/mol. The number of nitrogens with one attached hydrogen (secondary N) is 2. The number of anilines is 1. The Morgan fingerprint density at radius 1 is 0.957 bits per heavy atom. The number of amidine groups is 1. The summed E-state index contributed by atoms with van der Waals surface area (Å²) in [6.45, 7) is 6.58. The van der Waals surface area contributed by atoms with Gasteiger partial charge in [0.1, 0.15) is 29.4 Å². The van der Waals surface area contributed by atoms with Gasteiger partial charge in [0.25, 0.3) is 0 Å². The van der Waals surface area contributed by atoms with Crippen molar-refractivity contribution in [2.75, 3.05) is 18.0 Å². The number of hydrogen-bond donors (Lipinski definition) is 2. The zero-order chi connectivity index (χ0) is 32.3. The minimum Gasteiger partial charge on any atom is -0.491 e. The molecule has 7 nitrogen and oxygen atoms in total. The minimum absolute atomic E-state index is 0.103. The first-order valence-corrected chi connectivity index (χ1v) is 16.3. The van der Waals surface area contributed by atoms with Gasteiger partial charge in [0, 0.05) is 24.0 Å². The third-order valence-electron chi connectivity index (χ3n) is 9.24. The summed E-state index contributed by atoms with van der Waals surface area (Å²) in [4.78, 5) is 22.5. The normalized spacial score (nSPS) is 23.3. The van der Waals surface area contributed by atoms with E-state index in [9.17, 15) is 18.0 Å². The van der Waals surface area contributed by atoms with Crippen LogP contribution in [0.2, 0.25) is 0 Å². The molecule has 0 unspecified atom stereocenters. The van der Waals surface area contributed by atoms with E-state index in [1.165, 1.54) is 29.0 Å². The molecule has 2 aliphatic heterocycles. The van der Waals surface area contributed by atoms with E-state index in [1.54, 1.807) is 12.1 Å². The number of rotatable bonds is 8. The van der Waals surface area contributed by atoms with Gasteiger partial charge in [-0.05, 0) is 62.6 Å². The molecule has 6 rings (SSSR count). The molecule has 244 valence electrons. The fourth-order valence-corrected chi connectivity index (χ4v) is 7.15. The van der Waals surface area contributed by atoms with Crippen molar-refractivity contribution in [1.29, 1.82) is 0 Å². The molecule has 10 heteroatoms. The Kier molecular flexibility index (Phi) is 9.27. The van der Waals surface area contributed by atoms with Crippen LogP contribution in [-0.4, -0.2) is 49.0 Å². The van der Waals surface area contributed by atoms with Crippen molar-refractivity contribution in [3.63, 3.8) is 0 Å². The van der Waals surface area contributed by atoms with Gasteiger partial charge in [-0.15, -0.1) is 13.2 Å². The maximum Gasteiger partial charge on any atom is 0.573 e. The molecule has 0 radical (unpaired) electrons. The lowest BCUT2D eigenvalue weighted by atomic mass is 9.84. The van der Waals surface area contributed by atoms with Gasteiger partial charge in [-0.1, -0.05) is 61.7 Å². The molecule has 2 amide bonds. The second-order valence-electron chi connectivity index (χ2n) is 12.9. The van der Waals surface area contributed by atoms with E-state index in [-0.39, 0.29) is 23.9 Å². The van der Waals surface area contributed by atoms with Crippen molar-refractivity contribution in [3.8, 4) is 22.6 Å². The van der Waals surface area contributed by atoms with Crippen LogP contribution in [0.5, 0.6) is 11.5 Å². The Hall–Kier alpha value is -4.05. The topological polar surface area (TPSA) is 67.6 Å². The lowest BCUT2D eigenvalue weighted by Gasteiger charge is -2.42. The van der Waals surface area contributed by atoms with Crippen LogP contribution in [0.4, 0.5) is 23.7 Å². The third-order valence-corrected chi connectivity index (χ3v) is 9.24. The number of hydrogen-bond acceptors (Lipinski definition) is 4. The van der Waals surface area contributed by atoms with Crippen molar-refractivity contribution in [2.24, 2.45) is 4.99 Å². The van der Waals surface area contributed by atoms with Crippen LogP contribution in [0.1, 0.15) is 64.4 Å². The molecule has 3 aromatic rings. The summed E-state index contributed by atoms with van der Waals surface area (Å²) in [5.74, 6) is 1.33. The van der Waals surface area contributed by atoms with Gasteiger partial charge in [0.15, 0.2) is 0 Å². The summed E-state index contributed by atoms with van der Waals surface area (Å²) in [6.07, 6.45) is 2.31. The summed E-state index contributed by atoms with van der Waals surface area (Å²) in [7, 11) is 0. The van der Waals surface area contributed by atoms with Crippen LogP contribution in [0, 0.1) is 0 Å². The number of ether oxygens (including phenoxy) is 2. The predicted octanol–water partition coefficient (Wildman–Crippen LogP) is 6.92. The van der Waals surface area contributed by atoms with Gasteiger partial charge in [-0.25, -0.2) is 4.79 Å². The number of benzene rings is 3. The lowest BCUT2D eigenvalue weighted by molar-refractivity contribution is -0.919. The zero-order valence-electron chi connectivity index (χ0n) is 26.4. The second-order valence-corrected chi connectivity index (χ2v) is 12.9. The number of alkyl halides is 3. The van der Waals surface area contributed by atoms with Crippen LogP contribution in [0.3, 0.4) is 0 Å². The molecule has 2 N–H and O–H groups in total. The Morgan fingerprint density at radius 2 is 1.67 bits per heavy atom. The summed E-state index contributed by atoms with van der Waals surface area (Å²) < 4.78 is 48.4. The van der Waals surface area contributed by atoms with Gasteiger partial charge in [0.2, 0.25) is 0 Å². The molecule has 2 heterocycles. The minimum atomic E-state index is -4.77. The van der Waals surface area contributed by atoms with Crippen LogP contribution in [0.15, 0.2) is 77.8 Å². The van der Waals surface area contributed by atoms with E-state index in [4.69, 9.17) is 9.73 Å². The largest absolute Gasteiger partial charge is 0.573 e. The van der Waals surface area contributed by atoms with E-state index in [0.29, 0.717) is 11.3 Å². The Morgan fingerprint density at radius 3 is 2.37 bits per heavy atom. The number of quaternary nitrogens is 1. The number of halogens is 3. The Balaban J connectivity index is 1.30. The zero-order valence-corrected chi connectivity index (χ0v) is 26.4. The highest BCUT2D eigenvalue weighted by molar-refractivity contribution is 6.20. The fourth-order valence-electron chi connectivity index (χ4n) is 7.15. The maximum absolute atomic E-state index is 14.0. The Bertz CT molecular complexity index is 1540. The van der Waals surface area contributed by atoms with Gasteiger partial charge < -0.3 is 14.4 Å². The molecule has 3 aromatic carbocycles. The van der Waals surface area contributed by atoms with Crippen LogP contribution in [0.25, 0.3) is 11.1 Å². The molecule has 1 aliphatic carbocycles. The molecule has 2 saturated heterocycles. The standard InChI is InChI=1S/C36H41F3N4O3/c1-25(2)45-30-12-8-9-26(23-30)24-42-21-19-35(20-22-42)33(40-28-10-4-3-5-11-28)41-34(44)43(35)32-14-7-6-13-31(32)27-15-17-29(18-16-27)46-36(37,38)39/h6-9,12-18,23,25,28H,3-5,10-11,19-22,24H2,1-2H3,(H,40,41,44)/p+1. The van der Waals surface area contributed by atoms with Crippen molar-refractivity contribution >= 4 is 17.6 Å². The molecule has 3 fully saturated rings. The third kappa shape index (κ3) is 7.17. The average Bonchev–Trinajstić information content (AvgIpc) is 3.27. The van der Waals surface area contributed by atoms with Gasteiger partial charge in [0.05, 0.1) is 30.9 Å². The molecule has 0 bridgehead atoms. The fraction of sp³-hybridized carbons (Fsp3) is 0.444. The summed E-state index contributed by atoms with van der Waals surface area (Å²) in [6, 6.07) is 21.6. The number of urea groups is 1. The highest BCUT2D eigenvalue weighted by Gasteiger charge is 2.55. The number of likely N-dealkylation sites (tertiary alicyclic amines) is 1. The number of para-hydroxylation sites is 1. The molecule has 3 aliphatic rings. The van der Waals surface area contributed by atoms with E-state index in [1.807, 2.05) is 55.1 Å². The van der Waals surface area contributed by atoms with Crippen molar-refractivity contribution in [1.82, 2.24) is 5.32 Å². The van der Waals surface area contributed by atoms with Crippen molar-refractivity contribution < 1.29 is 32.3 Å². The first-order chi connectivity index (χ1) is 22.1. The lowest BCUT2D eigenvalue weighted by Crippen LogP contribution is -3.12. The van der Waals surface area contributed by atoms with Gasteiger partial charge in [-0.3, -0.25) is 15.2 Å². The summed E-state index contributed by atoms with van der Waals surface area (Å²) in [5.41, 5.74) is 2.72. The van der Waals surface area contributed by atoms with Crippen molar-refractivity contribution in [2.45, 2.75) is 89.4 Å². The monoisotopic (exact) mass is 635 g/mol. The first-order valence-electron chi connectivity index (χ1n) is 16.3. The number of aliphatic imine (C=N–C) groups is 1. The molecule has 46 heavy (non-hydrogen) atoms. The van der Waals surface area contributed by atoms with Crippen LogP contribution < -0.4 is 24.6 Å². The highest BCUT2D eigenvalue weighted by atomic mass is 19.4. The molecule has 1 spiro atoms. The Labute approximate surface area is 268 Å². The number of amides is 2. The quantitative estimate of drug-likeness (QED) is 0.283. The molecule has 0 atom stereocenters. The van der Waals surface area contributed by atoms with Crippen molar-refractivity contribution in [3.05, 3.63) is 78.4 Å². The number of piperidine rings is 1. The van der Waals surface area contributed by atoms with Gasteiger partial charge in [-0.2, -0.15) is 0 Å². The maximum atomic E-state index is 14.0. The average molecular weight is 636 g/mol. The SMILES string of the molecule is CC(C)Oc1cccc(C[NH+]2CCC3(CC2)C(=NC2CCCCC2)NC(=O)N3c2ccccc2-c2ccc(OC(F)(F)F)cc2)c1.